The van der Waals surface area contributed by atoms with Gasteiger partial charge in [-0.1, -0.05) is 11.6 Å². The maximum Gasteiger partial charge on any atom is 0.410 e. The molecule has 0 aromatic rings. The van der Waals surface area contributed by atoms with E-state index in [0.717, 1.165) is 6.42 Å². The molecule has 0 radical (unpaired) electrons. The van der Waals surface area contributed by atoms with E-state index in [1.807, 2.05) is 33.8 Å². The van der Waals surface area contributed by atoms with E-state index in [0.29, 0.717) is 13.1 Å². The first kappa shape index (κ1) is 13.0. The van der Waals surface area contributed by atoms with Gasteiger partial charge in [0.2, 0.25) is 0 Å². The molecular formula is C12H22N2O2. The van der Waals surface area contributed by atoms with E-state index >= 15 is 0 Å². The summed E-state index contributed by atoms with van der Waals surface area (Å²) in [7, 11) is 0. The lowest BCUT2D eigenvalue weighted by molar-refractivity contribution is 0.0265. The molecule has 1 aliphatic rings. The van der Waals surface area contributed by atoms with Gasteiger partial charge in [-0.05, 0) is 34.1 Å². The van der Waals surface area contributed by atoms with Gasteiger partial charge in [0.1, 0.15) is 5.60 Å². The van der Waals surface area contributed by atoms with Crippen LogP contribution in [0.3, 0.4) is 0 Å². The van der Waals surface area contributed by atoms with Crippen molar-refractivity contribution in [3.05, 3.63) is 11.6 Å². The minimum atomic E-state index is -0.428. The molecule has 1 rings (SSSR count). The third-order valence-electron chi connectivity index (χ3n) is 2.48. The normalized spacial score (nSPS) is 19.1. The molecule has 0 aliphatic carbocycles. The second-order valence-corrected chi connectivity index (χ2v) is 5.24. The van der Waals surface area contributed by atoms with Gasteiger partial charge in [-0.25, -0.2) is 4.79 Å². The van der Waals surface area contributed by atoms with Crippen LogP contribution < -0.4 is 5.73 Å². The quantitative estimate of drug-likeness (QED) is 0.695. The topological polar surface area (TPSA) is 55.6 Å². The molecule has 92 valence electrons. The van der Waals surface area contributed by atoms with E-state index in [-0.39, 0.29) is 12.1 Å². The Morgan fingerprint density at radius 3 is 2.56 bits per heavy atom. The third-order valence-corrected chi connectivity index (χ3v) is 2.48. The van der Waals surface area contributed by atoms with E-state index in [2.05, 4.69) is 0 Å². The van der Waals surface area contributed by atoms with Gasteiger partial charge in [0, 0.05) is 19.1 Å². The molecule has 0 fully saturated rings. The number of ether oxygens (including phenoxy) is 1. The van der Waals surface area contributed by atoms with E-state index in [1.54, 1.807) is 4.90 Å². The minimum absolute atomic E-state index is 0.0841. The number of nitrogens with two attached hydrogens (primary N) is 1. The van der Waals surface area contributed by atoms with Gasteiger partial charge in [0.25, 0.3) is 0 Å². The van der Waals surface area contributed by atoms with Crippen molar-refractivity contribution in [1.82, 2.24) is 4.90 Å². The molecule has 0 aromatic carbocycles. The molecule has 0 saturated heterocycles. The summed E-state index contributed by atoms with van der Waals surface area (Å²) in [5.41, 5.74) is 6.58. The Bertz CT molecular complexity index is 290. The minimum Gasteiger partial charge on any atom is -0.444 e. The summed E-state index contributed by atoms with van der Waals surface area (Å²) in [6.45, 7) is 8.89. The molecule has 1 heterocycles. The summed E-state index contributed by atoms with van der Waals surface area (Å²) in [5.74, 6) is 0. The summed E-state index contributed by atoms with van der Waals surface area (Å²) in [5, 5.41) is 0. The van der Waals surface area contributed by atoms with Gasteiger partial charge in [-0.15, -0.1) is 0 Å². The van der Waals surface area contributed by atoms with E-state index in [1.165, 1.54) is 5.57 Å². The molecule has 2 N–H and O–H groups in total. The van der Waals surface area contributed by atoms with Crippen molar-refractivity contribution in [2.24, 2.45) is 5.73 Å². The van der Waals surface area contributed by atoms with Crippen molar-refractivity contribution in [2.75, 3.05) is 13.1 Å². The zero-order chi connectivity index (χ0) is 12.3. The average Bonchev–Trinajstić information content (AvgIpc) is 2.15. The van der Waals surface area contributed by atoms with Crippen molar-refractivity contribution in [2.45, 2.75) is 45.8 Å². The zero-order valence-electron chi connectivity index (χ0n) is 10.6. The van der Waals surface area contributed by atoms with Gasteiger partial charge in [-0.3, -0.25) is 0 Å². The standard InChI is InChI=1S/C12H22N2O2/c1-9(13)10-5-7-14(8-6-10)11(15)16-12(2,3)4/h5,9H,6-8,13H2,1-4H3. The zero-order valence-corrected chi connectivity index (χ0v) is 10.6. The molecule has 1 aliphatic heterocycles. The molecule has 1 amide bonds. The molecule has 4 nitrogen and oxygen atoms in total. The number of amides is 1. The number of nitrogens with zero attached hydrogens (tertiary/aromatic N) is 1. The van der Waals surface area contributed by atoms with Crippen molar-refractivity contribution in [3.8, 4) is 0 Å². The fourth-order valence-electron chi connectivity index (χ4n) is 1.59. The Morgan fingerprint density at radius 2 is 2.19 bits per heavy atom. The van der Waals surface area contributed by atoms with Crippen LogP contribution in [0.1, 0.15) is 34.1 Å². The third kappa shape index (κ3) is 3.85. The number of carbonyl (C=O) groups is 1. The first-order valence-corrected chi connectivity index (χ1v) is 5.72. The Hall–Kier alpha value is -1.03. The van der Waals surface area contributed by atoms with Crippen LogP contribution in [0, 0.1) is 0 Å². The van der Waals surface area contributed by atoms with Gasteiger partial charge in [-0.2, -0.15) is 0 Å². The second kappa shape index (κ2) is 4.87. The SMILES string of the molecule is CC(N)C1=CCN(C(=O)OC(C)(C)C)CC1. The first-order chi connectivity index (χ1) is 7.29. The maximum atomic E-state index is 11.7. The molecule has 1 unspecified atom stereocenters. The highest BCUT2D eigenvalue weighted by Crippen LogP contribution is 2.16. The van der Waals surface area contributed by atoms with Crippen molar-refractivity contribution in [1.29, 1.82) is 0 Å². The van der Waals surface area contributed by atoms with Crippen LogP contribution in [0.25, 0.3) is 0 Å². The smallest absolute Gasteiger partial charge is 0.410 e. The van der Waals surface area contributed by atoms with Crippen LogP contribution in [-0.4, -0.2) is 35.7 Å². The van der Waals surface area contributed by atoms with Crippen molar-refractivity contribution < 1.29 is 9.53 Å². The molecule has 0 bridgehead atoms. The Balaban J connectivity index is 2.51. The lowest BCUT2D eigenvalue weighted by Gasteiger charge is -2.30. The molecular weight excluding hydrogens is 204 g/mol. The molecule has 1 atom stereocenters. The van der Waals surface area contributed by atoms with E-state index in [9.17, 15) is 4.79 Å². The van der Waals surface area contributed by atoms with Crippen LogP contribution in [-0.2, 0) is 4.74 Å². The Morgan fingerprint density at radius 1 is 1.56 bits per heavy atom. The van der Waals surface area contributed by atoms with Crippen LogP contribution in [0.2, 0.25) is 0 Å². The lowest BCUT2D eigenvalue weighted by Crippen LogP contribution is -2.40. The summed E-state index contributed by atoms with van der Waals surface area (Å²) < 4.78 is 5.30. The highest BCUT2D eigenvalue weighted by Gasteiger charge is 2.23. The fourth-order valence-corrected chi connectivity index (χ4v) is 1.59. The number of hydrogen-bond acceptors (Lipinski definition) is 3. The largest absolute Gasteiger partial charge is 0.444 e. The highest BCUT2D eigenvalue weighted by atomic mass is 16.6. The summed E-state index contributed by atoms with van der Waals surface area (Å²) in [4.78, 5) is 13.4. The average molecular weight is 226 g/mol. The summed E-state index contributed by atoms with van der Waals surface area (Å²) in [6, 6.07) is 0.0841. The van der Waals surface area contributed by atoms with Gasteiger partial charge < -0.3 is 15.4 Å². The lowest BCUT2D eigenvalue weighted by atomic mass is 10.0. The molecule has 4 heteroatoms. The molecule has 0 saturated carbocycles. The van der Waals surface area contributed by atoms with Gasteiger partial charge >= 0.3 is 6.09 Å². The van der Waals surface area contributed by atoms with Crippen LogP contribution in [0.4, 0.5) is 4.79 Å². The maximum absolute atomic E-state index is 11.7. The van der Waals surface area contributed by atoms with Gasteiger partial charge in [0.05, 0.1) is 0 Å². The van der Waals surface area contributed by atoms with Crippen molar-refractivity contribution in [3.63, 3.8) is 0 Å². The van der Waals surface area contributed by atoms with Crippen molar-refractivity contribution >= 4 is 6.09 Å². The number of hydrogen-bond donors (Lipinski definition) is 1. The molecule has 0 aromatic heterocycles. The van der Waals surface area contributed by atoms with Crippen LogP contribution >= 0.6 is 0 Å². The number of carbonyl (C=O) groups excluding carboxylic acids is 1. The monoisotopic (exact) mass is 226 g/mol. The molecule has 16 heavy (non-hydrogen) atoms. The highest BCUT2D eigenvalue weighted by molar-refractivity contribution is 5.68. The summed E-state index contributed by atoms with van der Waals surface area (Å²) >= 11 is 0. The fraction of sp³-hybridized carbons (Fsp3) is 0.750. The predicted octanol–water partition coefficient (Wildman–Crippen LogP) is 1.90. The first-order valence-electron chi connectivity index (χ1n) is 5.72. The van der Waals surface area contributed by atoms with Crippen LogP contribution in [0.15, 0.2) is 11.6 Å². The number of rotatable bonds is 1. The summed E-state index contributed by atoms with van der Waals surface area (Å²) in [6.07, 6.45) is 2.63. The predicted molar refractivity (Wildman–Crippen MR) is 64.2 cm³/mol. The molecule has 0 spiro atoms. The van der Waals surface area contributed by atoms with E-state index < -0.39 is 5.60 Å². The second-order valence-electron chi connectivity index (χ2n) is 5.24. The van der Waals surface area contributed by atoms with Gasteiger partial charge in [0.15, 0.2) is 0 Å². The van der Waals surface area contributed by atoms with Crippen LogP contribution in [0.5, 0.6) is 0 Å². The Kier molecular flexibility index (Phi) is 3.97. The van der Waals surface area contributed by atoms with E-state index in [4.69, 9.17) is 10.5 Å². The Labute approximate surface area is 97.4 Å².